The largest absolute Gasteiger partial charge is 0.481 e. The van der Waals surface area contributed by atoms with Crippen LogP contribution < -0.4 is 0 Å². The van der Waals surface area contributed by atoms with Crippen LogP contribution in [0.1, 0.15) is 38.5 Å². The highest BCUT2D eigenvalue weighted by Gasteiger charge is 2.41. The first kappa shape index (κ1) is 12.0. The molecule has 0 heterocycles. The van der Waals surface area contributed by atoms with E-state index in [1.165, 1.54) is 4.90 Å². The van der Waals surface area contributed by atoms with Gasteiger partial charge in [0.05, 0.1) is 5.41 Å². The third-order valence-corrected chi connectivity index (χ3v) is 3.25. The van der Waals surface area contributed by atoms with Gasteiger partial charge in [0.25, 0.3) is 0 Å². The first-order chi connectivity index (χ1) is 6.98. The zero-order valence-corrected chi connectivity index (χ0v) is 9.45. The molecule has 0 atom stereocenters. The van der Waals surface area contributed by atoms with Gasteiger partial charge in [0.15, 0.2) is 0 Å². The van der Waals surface area contributed by atoms with Gasteiger partial charge in [0, 0.05) is 20.5 Å². The van der Waals surface area contributed by atoms with Crippen molar-refractivity contribution in [3.05, 3.63) is 0 Å². The Kier molecular flexibility index (Phi) is 3.72. The van der Waals surface area contributed by atoms with Gasteiger partial charge in [-0.05, 0) is 12.8 Å². The number of aliphatic carboxylic acids is 1. The summed E-state index contributed by atoms with van der Waals surface area (Å²) in [5.41, 5.74) is -0.792. The van der Waals surface area contributed by atoms with Crippen LogP contribution in [0.15, 0.2) is 0 Å². The molecule has 4 heteroatoms. The van der Waals surface area contributed by atoms with Crippen molar-refractivity contribution in [1.82, 2.24) is 4.90 Å². The molecular formula is C11H19NO3. The number of hydrogen-bond acceptors (Lipinski definition) is 2. The van der Waals surface area contributed by atoms with Crippen molar-refractivity contribution in [1.29, 1.82) is 0 Å². The Morgan fingerprint density at radius 2 is 1.73 bits per heavy atom. The van der Waals surface area contributed by atoms with Crippen molar-refractivity contribution in [2.75, 3.05) is 14.1 Å². The van der Waals surface area contributed by atoms with E-state index in [2.05, 4.69) is 0 Å². The Bertz CT molecular complexity index is 255. The Hall–Kier alpha value is -1.06. The summed E-state index contributed by atoms with van der Waals surface area (Å²) in [6.07, 6.45) is 4.37. The predicted molar refractivity (Wildman–Crippen MR) is 56.5 cm³/mol. The molecule has 0 unspecified atom stereocenters. The van der Waals surface area contributed by atoms with Crippen molar-refractivity contribution in [2.45, 2.75) is 38.5 Å². The molecule has 0 saturated heterocycles. The van der Waals surface area contributed by atoms with E-state index in [4.69, 9.17) is 0 Å². The van der Waals surface area contributed by atoms with Crippen molar-refractivity contribution in [3.63, 3.8) is 0 Å². The molecule has 0 radical (unpaired) electrons. The average Bonchev–Trinajstić information content (AvgIpc) is 2.18. The molecule has 1 rings (SSSR count). The summed E-state index contributed by atoms with van der Waals surface area (Å²) in [4.78, 5) is 24.3. The van der Waals surface area contributed by atoms with Gasteiger partial charge in [0.2, 0.25) is 5.91 Å². The Labute approximate surface area is 90.3 Å². The number of carbonyl (C=O) groups excluding carboxylic acids is 1. The molecule has 0 aliphatic heterocycles. The van der Waals surface area contributed by atoms with Crippen LogP contribution in [0.5, 0.6) is 0 Å². The maximum Gasteiger partial charge on any atom is 0.310 e. The molecule has 4 nitrogen and oxygen atoms in total. The van der Waals surface area contributed by atoms with Crippen LogP contribution in [0.2, 0.25) is 0 Å². The molecule has 1 N–H and O–H groups in total. The second-order valence-corrected chi connectivity index (χ2v) is 4.61. The van der Waals surface area contributed by atoms with Crippen LogP contribution in [0.25, 0.3) is 0 Å². The van der Waals surface area contributed by atoms with Crippen LogP contribution in [-0.4, -0.2) is 36.0 Å². The number of hydrogen-bond donors (Lipinski definition) is 1. The highest BCUT2D eigenvalue weighted by atomic mass is 16.4. The third kappa shape index (κ3) is 2.70. The van der Waals surface area contributed by atoms with Gasteiger partial charge in [-0.15, -0.1) is 0 Å². The maximum atomic E-state index is 11.6. The molecule has 0 aromatic carbocycles. The number of rotatable bonds is 3. The first-order valence-electron chi connectivity index (χ1n) is 5.41. The van der Waals surface area contributed by atoms with Gasteiger partial charge >= 0.3 is 5.97 Å². The first-order valence-corrected chi connectivity index (χ1v) is 5.41. The second kappa shape index (κ2) is 4.64. The fourth-order valence-electron chi connectivity index (χ4n) is 2.14. The van der Waals surface area contributed by atoms with Gasteiger partial charge in [0.1, 0.15) is 0 Å². The monoisotopic (exact) mass is 213 g/mol. The van der Waals surface area contributed by atoms with Crippen LogP contribution in [-0.2, 0) is 9.59 Å². The molecule has 1 aliphatic carbocycles. The zero-order chi connectivity index (χ0) is 11.5. The number of amides is 1. The molecule has 86 valence electrons. The molecule has 1 aliphatic rings. The van der Waals surface area contributed by atoms with Crippen LogP contribution in [0, 0.1) is 5.41 Å². The molecule has 15 heavy (non-hydrogen) atoms. The summed E-state index contributed by atoms with van der Waals surface area (Å²) in [5.74, 6) is -0.892. The molecule has 0 bridgehead atoms. The molecule has 0 aromatic rings. The van der Waals surface area contributed by atoms with Crippen molar-refractivity contribution >= 4 is 11.9 Å². The van der Waals surface area contributed by atoms with Crippen molar-refractivity contribution in [3.8, 4) is 0 Å². The lowest BCUT2D eigenvalue weighted by Gasteiger charge is -2.33. The van der Waals surface area contributed by atoms with E-state index in [-0.39, 0.29) is 12.3 Å². The number of carboxylic acids is 1. The molecule has 1 amide bonds. The quantitative estimate of drug-likeness (QED) is 0.773. The van der Waals surface area contributed by atoms with Gasteiger partial charge in [-0.1, -0.05) is 19.3 Å². The summed E-state index contributed by atoms with van der Waals surface area (Å²) >= 11 is 0. The van der Waals surface area contributed by atoms with Gasteiger partial charge in [-0.25, -0.2) is 0 Å². The molecule has 0 aromatic heterocycles. The van der Waals surface area contributed by atoms with E-state index in [0.29, 0.717) is 12.8 Å². The van der Waals surface area contributed by atoms with Gasteiger partial charge in [-0.3, -0.25) is 9.59 Å². The number of carboxylic acid groups (broad SMARTS) is 1. The lowest BCUT2D eigenvalue weighted by atomic mass is 9.71. The normalized spacial score (nSPS) is 19.6. The van der Waals surface area contributed by atoms with E-state index >= 15 is 0 Å². The van der Waals surface area contributed by atoms with E-state index in [0.717, 1.165) is 19.3 Å². The minimum absolute atomic E-state index is 0.0840. The van der Waals surface area contributed by atoms with E-state index < -0.39 is 11.4 Å². The summed E-state index contributed by atoms with van der Waals surface area (Å²) in [7, 11) is 3.33. The fraction of sp³-hybridized carbons (Fsp3) is 0.818. The van der Waals surface area contributed by atoms with Crippen LogP contribution >= 0.6 is 0 Å². The van der Waals surface area contributed by atoms with Gasteiger partial charge in [-0.2, -0.15) is 0 Å². The zero-order valence-electron chi connectivity index (χ0n) is 9.45. The summed E-state index contributed by atoms with van der Waals surface area (Å²) < 4.78 is 0. The summed E-state index contributed by atoms with van der Waals surface area (Å²) in [6, 6.07) is 0. The minimum Gasteiger partial charge on any atom is -0.481 e. The molecular weight excluding hydrogens is 194 g/mol. The lowest BCUT2D eigenvalue weighted by Crippen LogP contribution is -2.38. The third-order valence-electron chi connectivity index (χ3n) is 3.25. The molecule has 1 saturated carbocycles. The SMILES string of the molecule is CN(C)C(=O)CC1(C(=O)O)CCCCC1. The van der Waals surface area contributed by atoms with E-state index in [1.807, 2.05) is 0 Å². The smallest absolute Gasteiger partial charge is 0.310 e. The minimum atomic E-state index is -0.808. The Morgan fingerprint density at radius 1 is 1.20 bits per heavy atom. The Morgan fingerprint density at radius 3 is 2.13 bits per heavy atom. The molecule has 1 fully saturated rings. The van der Waals surface area contributed by atoms with Crippen molar-refractivity contribution < 1.29 is 14.7 Å². The van der Waals surface area contributed by atoms with E-state index in [1.54, 1.807) is 14.1 Å². The van der Waals surface area contributed by atoms with Crippen molar-refractivity contribution in [2.24, 2.45) is 5.41 Å². The summed E-state index contributed by atoms with van der Waals surface area (Å²) in [5, 5.41) is 9.25. The fourth-order valence-corrected chi connectivity index (χ4v) is 2.14. The van der Waals surface area contributed by atoms with Crippen LogP contribution in [0.4, 0.5) is 0 Å². The number of nitrogens with zero attached hydrogens (tertiary/aromatic N) is 1. The highest BCUT2D eigenvalue weighted by Crippen LogP contribution is 2.39. The average molecular weight is 213 g/mol. The van der Waals surface area contributed by atoms with E-state index in [9.17, 15) is 14.7 Å². The maximum absolute atomic E-state index is 11.6. The Balaban J connectivity index is 2.73. The number of carbonyl (C=O) groups is 2. The molecule has 0 spiro atoms. The van der Waals surface area contributed by atoms with Gasteiger partial charge < -0.3 is 10.0 Å². The standard InChI is InChI=1S/C11H19NO3/c1-12(2)9(13)8-11(10(14)15)6-4-3-5-7-11/h3-8H2,1-2H3,(H,14,15). The topological polar surface area (TPSA) is 57.6 Å². The van der Waals surface area contributed by atoms with Crippen LogP contribution in [0.3, 0.4) is 0 Å². The lowest BCUT2D eigenvalue weighted by molar-refractivity contribution is -0.155. The second-order valence-electron chi connectivity index (χ2n) is 4.61. The predicted octanol–water partition coefficient (Wildman–Crippen LogP) is 1.50. The highest BCUT2D eigenvalue weighted by molar-refractivity contribution is 5.84. The summed E-state index contributed by atoms with van der Waals surface area (Å²) in [6.45, 7) is 0.